The molecule has 2 rings (SSSR count). The van der Waals surface area contributed by atoms with Gasteiger partial charge < -0.3 is 0 Å². The lowest BCUT2D eigenvalue weighted by Crippen LogP contribution is -2.26. The Balaban J connectivity index is 2.51. The van der Waals surface area contributed by atoms with Gasteiger partial charge in [0.15, 0.2) is 20.0 Å². The maximum atomic E-state index is 12.9. The average Bonchev–Trinajstić information content (AvgIpc) is 2.55. The summed E-state index contributed by atoms with van der Waals surface area (Å²) in [5.41, 5.74) is 0.102. The van der Waals surface area contributed by atoms with E-state index in [1.54, 1.807) is 12.1 Å². The monoisotopic (exact) mass is 434 g/mol. The van der Waals surface area contributed by atoms with Crippen LogP contribution in [0.1, 0.15) is 27.1 Å². The van der Waals surface area contributed by atoms with E-state index in [2.05, 4.69) is 0 Å². The second kappa shape index (κ2) is 9.12. The van der Waals surface area contributed by atoms with Crippen molar-refractivity contribution in [1.29, 1.82) is 0 Å². The minimum absolute atomic E-state index is 0.0474. The quantitative estimate of drug-likeness (QED) is 0.277. The third-order valence-corrected chi connectivity index (χ3v) is 5.26. The number of carbonyl (C=O) groups is 2. The Bertz CT molecular complexity index is 735. The lowest BCUT2D eigenvalue weighted by Gasteiger charge is -2.17. The summed E-state index contributed by atoms with van der Waals surface area (Å²) in [5.74, 6) is -2.25. The van der Waals surface area contributed by atoms with Gasteiger partial charge in [-0.3, -0.25) is 14.2 Å². The molecule has 0 radical (unpaired) electrons. The summed E-state index contributed by atoms with van der Waals surface area (Å²) in [6, 6.07) is 9.24. The molecule has 25 heavy (non-hydrogen) atoms. The summed E-state index contributed by atoms with van der Waals surface area (Å²) in [6.45, 7) is 0. The van der Waals surface area contributed by atoms with Crippen molar-refractivity contribution in [3.05, 3.63) is 67.6 Å². The molecule has 8 heteroatoms. The summed E-state index contributed by atoms with van der Waals surface area (Å²) in [5, 5.41) is 0.556. The zero-order valence-electron chi connectivity index (χ0n) is 12.6. The third kappa shape index (κ3) is 4.61. The van der Waals surface area contributed by atoms with E-state index in [0.29, 0.717) is 0 Å². The Kier molecular flexibility index (Phi) is 7.42. The predicted octanol–water partition coefficient (Wildman–Crippen LogP) is 6.66. The van der Waals surface area contributed by atoms with E-state index in [9.17, 15) is 14.2 Å². The van der Waals surface area contributed by atoms with Gasteiger partial charge in [0.1, 0.15) is 0 Å². The molecule has 0 aliphatic heterocycles. The number of ketones is 2. The van der Waals surface area contributed by atoms with E-state index >= 15 is 0 Å². The van der Waals surface area contributed by atoms with Crippen LogP contribution in [0.3, 0.4) is 0 Å². The molecule has 0 spiro atoms. The first-order valence-electron chi connectivity index (χ1n) is 7.14. The van der Waals surface area contributed by atoms with Crippen LogP contribution in [-0.2, 0) is 4.57 Å². The molecule has 0 aliphatic rings. The molecule has 0 saturated carbocycles. The maximum absolute atomic E-state index is 12.9. The van der Waals surface area contributed by atoms with Crippen LogP contribution in [0.15, 0.2) is 36.4 Å². The highest BCUT2D eigenvalue weighted by Crippen LogP contribution is 2.33. The number of Topliss-reactive ketones (excluding diaryl/α,β-unsaturated/α-hetero) is 2. The molecular weight excluding hydrogens is 425 g/mol. The first-order chi connectivity index (χ1) is 11.9. The van der Waals surface area contributed by atoms with Crippen LogP contribution in [0, 0.1) is 5.92 Å². The molecule has 0 saturated heterocycles. The minimum Gasteiger partial charge on any atom is -0.293 e. The third-order valence-electron chi connectivity index (χ3n) is 3.56. The van der Waals surface area contributed by atoms with Gasteiger partial charge in [-0.1, -0.05) is 58.5 Å². The molecule has 0 amide bonds. The van der Waals surface area contributed by atoms with Gasteiger partial charge in [-0.2, -0.15) is 0 Å². The summed E-state index contributed by atoms with van der Waals surface area (Å²) in [7, 11) is -0.180. The largest absolute Gasteiger partial charge is 0.293 e. The topological polar surface area (TPSA) is 51.2 Å². The Morgan fingerprint density at radius 2 is 1.16 bits per heavy atom. The summed E-state index contributed by atoms with van der Waals surface area (Å²) in [6.07, 6.45) is 0.165. The first kappa shape index (κ1) is 20.4. The lowest BCUT2D eigenvalue weighted by molar-refractivity contribution is 0.0805. The fourth-order valence-corrected chi connectivity index (χ4v) is 3.91. The van der Waals surface area contributed by atoms with Crippen molar-refractivity contribution >= 4 is 66.4 Å². The van der Waals surface area contributed by atoms with Crippen LogP contribution in [0.2, 0.25) is 20.1 Å². The van der Waals surface area contributed by atoms with Gasteiger partial charge >= 0.3 is 0 Å². The van der Waals surface area contributed by atoms with E-state index in [0.717, 1.165) is 0 Å². The first-order valence-corrected chi connectivity index (χ1v) is 9.65. The van der Waals surface area contributed by atoms with Gasteiger partial charge in [0, 0.05) is 6.16 Å². The van der Waals surface area contributed by atoms with Crippen LogP contribution >= 0.6 is 54.9 Å². The highest BCUT2D eigenvalue weighted by molar-refractivity contribution is 7.23. The highest BCUT2D eigenvalue weighted by atomic mass is 35.5. The molecule has 130 valence electrons. The molecular formula is C17H11Cl4O3P. The summed E-state index contributed by atoms with van der Waals surface area (Å²) < 4.78 is 10.9. The van der Waals surface area contributed by atoms with Gasteiger partial charge in [0.2, 0.25) is 0 Å². The second-order valence-electron chi connectivity index (χ2n) is 5.12. The molecule has 0 atom stereocenters. The van der Waals surface area contributed by atoms with Crippen molar-refractivity contribution in [2.24, 2.45) is 5.92 Å². The normalized spacial score (nSPS) is 11.1. The predicted molar refractivity (Wildman–Crippen MR) is 102 cm³/mol. The molecule has 2 aromatic carbocycles. The zero-order chi connectivity index (χ0) is 18.6. The molecule has 0 bridgehead atoms. The Labute approximate surface area is 166 Å². The number of halogens is 4. The molecule has 0 unspecified atom stereocenters. The van der Waals surface area contributed by atoms with Crippen LogP contribution in [0.25, 0.3) is 0 Å². The van der Waals surface area contributed by atoms with E-state index in [-0.39, 0.29) is 52.3 Å². The van der Waals surface area contributed by atoms with Crippen molar-refractivity contribution in [2.45, 2.75) is 6.42 Å². The molecule has 0 fully saturated rings. The smallest absolute Gasteiger partial charge is 0.176 e. The number of rotatable bonds is 7. The van der Waals surface area contributed by atoms with Gasteiger partial charge in [-0.25, -0.2) is 0 Å². The van der Waals surface area contributed by atoms with Crippen LogP contribution in [0.4, 0.5) is 0 Å². The number of hydrogen-bond donors (Lipinski definition) is 0. The number of hydrogen-bond acceptors (Lipinski definition) is 3. The molecule has 2 aromatic rings. The van der Waals surface area contributed by atoms with E-state index < -0.39 is 17.5 Å². The van der Waals surface area contributed by atoms with Crippen molar-refractivity contribution in [2.75, 3.05) is 6.16 Å². The van der Waals surface area contributed by atoms with E-state index in [1.165, 1.54) is 24.3 Å². The summed E-state index contributed by atoms with van der Waals surface area (Å²) >= 11 is 24.3. The van der Waals surface area contributed by atoms with Gasteiger partial charge in [-0.05, 0) is 30.7 Å². The van der Waals surface area contributed by atoms with Crippen molar-refractivity contribution in [1.82, 2.24) is 0 Å². The van der Waals surface area contributed by atoms with Crippen molar-refractivity contribution in [3.63, 3.8) is 0 Å². The van der Waals surface area contributed by atoms with Crippen molar-refractivity contribution in [3.8, 4) is 0 Å². The molecule has 0 aromatic heterocycles. The fourth-order valence-electron chi connectivity index (χ4n) is 2.38. The van der Waals surface area contributed by atoms with E-state index in [1.807, 2.05) is 0 Å². The maximum Gasteiger partial charge on any atom is 0.176 e. The van der Waals surface area contributed by atoms with Crippen LogP contribution in [0.5, 0.6) is 0 Å². The fraction of sp³-hybridized carbons (Fsp3) is 0.176. The minimum atomic E-state index is -1.14. The molecule has 0 N–H and O–H groups in total. The highest BCUT2D eigenvalue weighted by Gasteiger charge is 2.32. The van der Waals surface area contributed by atoms with E-state index in [4.69, 9.17) is 46.4 Å². The van der Waals surface area contributed by atoms with Crippen LogP contribution < -0.4 is 0 Å². The Morgan fingerprint density at radius 1 is 0.800 bits per heavy atom. The number of carbonyl (C=O) groups excluding carboxylic acids is 2. The molecule has 0 heterocycles. The lowest BCUT2D eigenvalue weighted by atomic mass is 9.88. The Hall–Kier alpha value is -0.960. The zero-order valence-corrected chi connectivity index (χ0v) is 16.6. The second-order valence-corrected chi connectivity index (χ2v) is 7.45. The number of benzene rings is 2. The Morgan fingerprint density at radius 3 is 1.48 bits per heavy atom. The van der Waals surface area contributed by atoms with Crippen molar-refractivity contribution < 1.29 is 14.2 Å². The standard InChI is InChI=1S/C17H11Cl4O3P/c18-10-3-1-4-11(19)14(10)16(22)9(7-8-25-24)17(23)15-12(20)5-2-6-13(15)21/h1-6,9H,7-8H2. The van der Waals surface area contributed by atoms with Crippen LogP contribution in [-0.4, -0.2) is 17.7 Å². The molecule has 3 nitrogen and oxygen atoms in total. The van der Waals surface area contributed by atoms with Gasteiger partial charge in [0.05, 0.1) is 37.1 Å². The summed E-state index contributed by atoms with van der Waals surface area (Å²) in [4.78, 5) is 25.9. The average molecular weight is 436 g/mol. The van der Waals surface area contributed by atoms with Gasteiger partial charge in [-0.15, -0.1) is 0 Å². The van der Waals surface area contributed by atoms with Gasteiger partial charge in [0.25, 0.3) is 0 Å². The SMILES string of the molecule is O=PCCC(C(=O)c1c(Cl)cccc1Cl)C(=O)c1c(Cl)cccc1Cl. The molecule has 0 aliphatic carbocycles.